The minimum atomic E-state index is -3.49. The van der Waals surface area contributed by atoms with Gasteiger partial charge in [-0.2, -0.15) is 0 Å². The Morgan fingerprint density at radius 2 is 1.61 bits per heavy atom. The van der Waals surface area contributed by atoms with Crippen LogP contribution in [-0.4, -0.2) is 20.6 Å². The molecule has 144 valence electrons. The molecule has 3 aromatic rings. The highest BCUT2D eigenvalue weighted by atomic mass is 32.2. The quantitative estimate of drug-likeness (QED) is 0.646. The van der Waals surface area contributed by atoms with E-state index < -0.39 is 10.0 Å². The third kappa shape index (κ3) is 5.11. The van der Waals surface area contributed by atoms with E-state index >= 15 is 0 Å². The lowest BCUT2D eigenvalue weighted by molar-refractivity contribution is 0.102. The second-order valence-corrected chi connectivity index (χ2v) is 8.02. The molecule has 3 aromatic carbocycles. The van der Waals surface area contributed by atoms with E-state index in [9.17, 15) is 13.2 Å². The van der Waals surface area contributed by atoms with E-state index in [1.54, 1.807) is 42.5 Å². The molecule has 3 rings (SSSR count). The standard InChI is InChI=1S/C21H20N2O4S/c1-15-8-6-7-11-18(15)21(24)22-16-12-13-19(23-28(2,25)26)20(14-16)27-17-9-4-3-5-10-17/h3-14,23H,1-2H3,(H,22,24). The Bertz CT molecular complexity index is 1100. The van der Waals surface area contributed by atoms with Crippen molar-refractivity contribution in [3.05, 3.63) is 83.9 Å². The van der Waals surface area contributed by atoms with Gasteiger partial charge in [0.2, 0.25) is 10.0 Å². The summed E-state index contributed by atoms with van der Waals surface area (Å²) >= 11 is 0. The summed E-state index contributed by atoms with van der Waals surface area (Å²) < 4.78 is 31.6. The van der Waals surface area contributed by atoms with Crippen LogP contribution in [0.15, 0.2) is 72.8 Å². The predicted octanol–water partition coefficient (Wildman–Crippen LogP) is 4.41. The summed E-state index contributed by atoms with van der Waals surface area (Å²) in [4.78, 5) is 12.6. The van der Waals surface area contributed by atoms with Crippen molar-refractivity contribution in [2.24, 2.45) is 0 Å². The number of hydrogen-bond acceptors (Lipinski definition) is 4. The highest BCUT2D eigenvalue weighted by Crippen LogP contribution is 2.33. The molecule has 0 atom stereocenters. The second kappa shape index (κ2) is 8.14. The van der Waals surface area contributed by atoms with Crippen molar-refractivity contribution >= 4 is 27.3 Å². The first-order valence-corrected chi connectivity index (χ1v) is 10.4. The molecule has 0 unspecified atom stereocenters. The third-order valence-corrected chi connectivity index (χ3v) is 4.49. The average Bonchev–Trinajstić information content (AvgIpc) is 2.64. The van der Waals surface area contributed by atoms with E-state index in [0.717, 1.165) is 11.8 Å². The lowest BCUT2D eigenvalue weighted by atomic mass is 10.1. The van der Waals surface area contributed by atoms with E-state index in [1.807, 2.05) is 37.3 Å². The highest BCUT2D eigenvalue weighted by Gasteiger charge is 2.13. The number of hydrogen-bond donors (Lipinski definition) is 2. The number of ether oxygens (including phenoxy) is 1. The van der Waals surface area contributed by atoms with Gasteiger partial charge in [-0.15, -0.1) is 0 Å². The smallest absolute Gasteiger partial charge is 0.255 e. The molecule has 0 heterocycles. The second-order valence-electron chi connectivity index (χ2n) is 6.27. The van der Waals surface area contributed by atoms with E-state index in [0.29, 0.717) is 17.0 Å². The Hall–Kier alpha value is -3.32. The lowest BCUT2D eigenvalue weighted by Crippen LogP contribution is -2.14. The van der Waals surface area contributed by atoms with Gasteiger partial charge in [-0.05, 0) is 42.8 Å². The summed E-state index contributed by atoms with van der Waals surface area (Å²) in [6.07, 6.45) is 1.06. The summed E-state index contributed by atoms with van der Waals surface area (Å²) in [5, 5.41) is 2.82. The number of aryl methyl sites for hydroxylation is 1. The first-order chi connectivity index (χ1) is 13.3. The molecule has 7 heteroatoms. The van der Waals surface area contributed by atoms with Gasteiger partial charge in [0.25, 0.3) is 5.91 Å². The number of para-hydroxylation sites is 1. The van der Waals surface area contributed by atoms with Crippen molar-refractivity contribution in [3.8, 4) is 11.5 Å². The van der Waals surface area contributed by atoms with Crippen molar-refractivity contribution in [3.63, 3.8) is 0 Å². The largest absolute Gasteiger partial charge is 0.455 e. The molecule has 2 N–H and O–H groups in total. The van der Waals surface area contributed by atoms with Crippen LogP contribution in [0.4, 0.5) is 11.4 Å². The Kier molecular flexibility index (Phi) is 5.65. The molecule has 6 nitrogen and oxygen atoms in total. The minimum absolute atomic E-state index is 0.257. The molecule has 0 saturated heterocycles. The summed E-state index contributed by atoms with van der Waals surface area (Å²) in [7, 11) is -3.49. The van der Waals surface area contributed by atoms with Gasteiger partial charge in [-0.25, -0.2) is 8.42 Å². The Balaban J connectivity index is 1.91. The van der Waals surface area contributed by atoms with Gasteiger partial charge >= 0.3 is 0 Å². The van der Waals surface area contributed by atoms with Crippen molar-refractivity contribution in [2.75, 3.05) is 16.3 Å². The molecule has 0 bridgehead atoms. The molecule has 0 aromatic heterocycles. The van der Waals surface area contributed by atoms with Gasteiger partial charge in [0, 0.05) is 17.3 Å². The summed E-state index contributed by atoms with van der Waals surface area (Å²) in [5.41, 5.74) is 2.18. The average molecular weight is 396 g/mol. The van der Waals surface area contributed by atoms with Crippen molar-refractivity contribution < 1.29 is 17.9 Å². The zero-order chi connectivity index (χ0) is 20.1. The van der Waals surface area contributed by atoms with Crippen LogP contribution in [0, 0.1) is 6.92 Å². The van der Waals surface area contributed by atoms with Crippen LogP contribution in [-0.2, 0) is 10.0 Å². The topological polar surface area (TPSA) is 84.5 Å². The monoisotopic (exact) mass is 396 g/mol. The fourth-order valence-electron chi connectivity index (χ4n) is 2.61. The van der Waals surface area contributed by atoms with E-state index in [-0.39, 0.29) is 17.3 Å². The summed E-state index contributed by atoms with van der Waals surface area (Å²) in [6.45, 7) is 1.86. The molecule has 0 spiro atoms. The summed E-state index contributed by atoms with van der Waals surface area (Å²) in [5.74, 6) is 0.563. The fourth-order valence-corrected chi connectivity index (χ4v) is 3.18. The van der Waals surface area contributed by atoms with Gasteiger partial charge < -0.3 is 10.1 Å². The maximum atomic E-state index is 12.6. The Morgan fingerprint density at radius 3 is 2.29 bits per heavy atom. The first kappa shape index (κ1) is 19.4. The Labute approximate surface area is 164 Å². The molecule has 1 amide bonds. The SMILES string of the molecule is Cc1ccccc1C(=O)Nc1ccc(NS(C)(=O)=O)c(Oc2ccccc2)c1. The molecular formula is C21H20N2O4S. The number of rotatable bonds is 6. The van der Waals surface area contributed by atoms with Crippen molar-refractivity contribution in [1.82, 2.24) is 0 Å². The van der Waals surface area contributed by atoms with Gasteiger partial charge in [0.05, 0.1) is 11.9 Å². The van der Waals surface area contributed by atoms with Gasteiger partial charge in [0.1, 0.15) is 5.75 Å². The maximum absolute atomic E-state index is 12.6. The Morgan fingerprint density at radius 1 is 0.929 bits per heavy atom. The number of sulfonamides is 1. The molecule has 0 aliphatic rings. The minimum Gasteiger partial charge on any atom is -0.455 e. The predicted molar refractivity (Wildman–Crippen MR) is 111 cm³/mol. The van der Waals surface area contributed by atoms with E-state index in [1.165, 1.54) is 0 Å². The fraction of sp³-hybridized carbons (Fsp3) is 0.0952. The number of nitrogens with one attached hydrogen (secondary N) is 2. The zero-order valence-corrected chi connectivity index (χ0v) is 16.3. The molecule has 0 aliphatic carbocycles. The number of benzene rings is 3. The van der Waals surface area contributed by atoms with Crippen LogP contribution in [0.5, 0.6) is 11.5 Å². The highest BCUT2D eigenvalue weighted by molar-refractivity contribution is 7.92. The lowest BCUT2D eigenvalue weighted by Gasteiger charge is -2.14. The molecule has 0 aliphatic heterocycles. The number of carbonyl (C=O) groups excluding carboxylic acids is 1. The van der Waals surface area contributed by atoms with Gasteiger partial charge in [-0.1, -0.05) is 36.4 Å². The van der Waals surface area contributed by atoms with Crippen LogP contribution in [0.1, 0.15) is 15.9 Å². The third-order valence-electron chi connectivity index (χ3n) is 3.90. The molecule has 28 heavy (non-hydrogen) atoms. The molecule has 0 radical (unpaired) electrons. The number of amides is 1. The molecule has 0 saturated carbocycles. The van der Waals surface area contributed by atoms with Crippen molar-refractivity contribution in [2.45, 2.75) is 6.92 Å². The van der Waals surface area contributed by atoms with Crippen molar-refractivity contribution in [1.29, 1.82) is 0 Å². The van der Waals surface area contributed by atoms with E-state index in [4.69, 9.17) is 4.74 Å². The molecular weight excluding hydrogens is 376 g/mol. The van der Waals surface area contributed by atoms with Gasteiger partial charge in [-0.3, -0.25) is 9.52 Å². The zero-order valence-electron chi connectivity index (χ0n) is 15.5. The van der Waals surface area contributed by atoms with Crippen LogP contribution >= 0.6 is 0 Å². The normalized spacial score (nSPS) is 10.9. The van der Waals surface area contributed by atoms with Crippen LogP contribution < -0.4 is 14.8 Å². The van der Waals surface area contributed by atoms with Crippen LogP contribution in [0.2, 0.25) is 0 Å². The van der Waals surface area contributed by atoms with Gasteiger partial charge in [0.15, 0.2) is 5.75 Å². The first-order valence-electron chi connectivity index (χ1n) is 8.53. The van der Waals surface area contributed by atoms with Crippen LogP contribution in [0.3, 0.4) is 0 Å². The maximum Gasteiger partial charge on any atom is 0.255 e. The number of anilines is 2. The van der Waals surface area contributed by atoms with Crippen LogP contribution in [0.25, 0.3) is 0 Å². The van der Waals surface area contributed by atoms with E-state index in [2.05, 4.69) is 10.0 Å². The number of carbonyl (C=O) groups is 1. The summed E-state index contributed by atoms with van der Waals surface area (Å²) in [6, 6.07) is 21.0. The molecule has 0 fully saturated rings.